The fourth-order valence-electron chi connectivity index (χ4n) is 22.2. The summed E-state index contributed by atoms with van der Waals surface area (Å²) in [6.07, 6.45) is 10.2. The van der Waals surface area contributed by atoms with E-state index in [-0.39, 0.29) is 0 Å². The minimum Gasteiger partial charge on any atom is -0.455 e. The van der Waals surface area contributed by atoms with Gasteiger partial charge < -0.3 is 13.3 Å². The Morgan fingerprint density at radius 3 is 0.919 bits per heavy atom. The molecule has 0 aliphatic carbocycles. The molecule has 16 nitrogen and oxygen atoms in total. The lowest BCUT2D eigenvalue weighted by molar-refractivity contribution is -0.661. The lowest BCUT2D eigenvalue weighted by atomic mass is 9.92. The van der Waals surface area contributed by atoms with Crippen LogP contribution >= 0.6 is 0 Å². The van der Waals surface area contributed by atoms with Crippen LogP contribution in [0.15, 0.2) is 330 Å². The first-order valence-corrected chi connectivity index (χ1v) is 51.6. The maximum Gasteiger partial charge on any atom is 0.294 e. The largest absolute Gasteiger partial charge is 0.455 e. The van der Waals surface area contributed by atoms with Crippen LogP contribution in [0.5, 0.6) is 0 Å². The number of rotatable bonds is 15. The van der Waals surface area contributed by atoms with Gasteiger partial charge in [0.15, 0.2) is 11.4 Å². The fourth-order valence-corrected chi connectivity index (χ4v) is 22.2. The molecule has 0 saturated heterocycles. The van der Waals surface area contributed by atoms with Gasteiger partial charge in [-0.1, -0.05) is 286 Å². The summed E-state index contributed by atoms with van der Waals surface area (Å²) in [7, 11) is 10.5. The molecule has 0 atom stereocenters. The molecule has 0 aliphatic heterocycles. The molecule has 742 valence electrons. The zero-order valence-corrected chi connectivity index (χ0v) is 90.8. The molecule has 0 N–H and O–H groups in total. The Morgan fingerprint density at radius 2 is 0.541 bits per heavy atom. The topological polar surface area (TPSA) is 122 Å². The molecule has 0 fully saturated rings. The Kier molecular flexibility index (Phi) is 27.9. The Labute approximate surface area is 870 Å². The molecule has 0 unspecified atom stereocenters. The first-order valence-electron chi connectivity index (χ1n) is 51.6. The molecule has 0 aliphatic rings. The van der Waals surface area contributed by atoms with Crippen molar-refractivity contribution in [2.45, 2.75) is 170 Å². The standard InChI is InChI=1S/C35H35N2O.C33H31N2O.C24H22N3O.C22H28N3.C18H20N3/c1-21(2)27-13-10-11-25(6)33(27)37-20-30(36(7)35(37)26-18-22(3)17-23(4)19-26)32-24(5)15-16-29-28-12-8-9-14-31(28)38-34(29)32;1-20-16-21(2)18-25(17-20)33-34(6)28(19-35(33)31-23(4)10-9-11-24(31)5)30-22(3)14-15-27-26-12-7-8-13-29(26)36-32(27)30;1-15-12-13-19-18-10-5-6-11-20(18)28-23(19)21(15)24-26(4)14-25-27(24)22-16(2)8-7-9-17(22)3;1-15(2)18-12-9-13-19(16(3)4)21(18)25-22(24(6)14-23-25)20-11-8-7-10-17(20)5;1-13-8-5-6-11-16(13)18-20(4)12-19-21(18)17-14(2)9-7-10-15(17)3/h8-21H,1-7H3;7-19H,1-6H3;5-14H,1-4H3;7-16H,1-6H3;5-12H,1-4H3/q5*+1. The molecule has 23 rings (SSSR count). The van der Waals surface area contributed by atoms with Crippen LogP contribution in [0.4, 0.5) is 0 Å². The maximum absolute atomic E-state index is 6.54. The molecule has 0 saturated carbocycles. The number of imidazole rings is 2. The van der Waals surface area contributed by atoms with Gasteiger partial charge in [-0.25, -0.2) is 22.8 Å². The fraction of sp³-hybridized carbons (Fsp3) is 0.227. The summed E-state index contributed by atoms with van der Waals surface area (Å²) in [5.41, 5.74) is 45.8. The summed E-state index contributed by atoms with van der Waals surface area (Å²) in [4.78, 5) is 0. The molecule has 15 aromatic carbocycles. The summed E-state index contributed by atoms with van der Waals surface area (Å²) < 4.78 is 41.3. The van der Waals surface area contributed by atoms with Gasteiger partial charge in [-0.3, -0.25) is 0 Å². The Balaban J connectivity index is 0.000000118. The lowest BCUT2D eigenvalue weighted by Crippen LogP contribution is -2.34. The first kappa shape index (κ1) is 100. The molecular weight excluding hydrogens is 1820 g/mol. The second-order valence-corrected chi connectivity index (χ2v) is 41.5. The van der Waals surface area contributed by atoms with E-state index in [1.54, 1.807) is 0 Å². The van der Waals surface area contributed by atoms with Gasteiger partial charge in [0.2, 0.25) is 0 Å². The van der Waals surface area contributed by atoms with Gasteiger partial charge in [-0.05, 0) is 283 Å². The van der Waals surface area contributed by atoms with Crippen molar-refractivity contribution in [2.24, 2.45) is 35.2 Å². The van der Waals surface area contributed by atoms with Crippen LogP contribution in [0.3, 0.4) is 0 Å². The summed E-state index contributed by atoms with van der Waals surface area (Å²) in [6.45, 7) is 48.1. The second-order valence-electron chi connectivity index (χ2n) is 41.5. The number of benzene rings is 15. The number of aromatic nitrogens is 13. The van der Waals surface area contributed by atoms with Crippen molar-refractivity contribution in [2.75, 3.05) is 0 Å². The van der Waals surface area contributed by atoms with Crippen LogP contribution in [0, 0.1) is 111 Å². The maximum atomic E-state index is 6.54. The van der Waals surface area contributed by atoms with E-state index in [9.17, 15) is 0 Å². The zero-order valence-electron chi connectivity index (χ0n) is 90.8. The average Bonchev–Trinajstić information content (AvgIpc) is 1.58. The van der Waals surface area contributed by atoms with Gasteiger partial charge in [0.05, 0.1) is 74.2 Å². The molecule has 16 heteroatoms. The predicted molar refractivity (Wildman–Crippen MR) is 606 cm³/mol. The highest BCUT2D eigenvalue weighted by molar-refractivity contribution is 6.12. The van der Waals surface area contributed by atoms with Crippen LogP contribution in [-0.2, 0) is 35.2 Å². The SMILES string of the molecule is Cc1cc(C)cc(-c2n(C)c(-c3c(C)ccc4c3oc3ccccc34)c[n+]2-c2c(C)cccc2C(C)C)c1.Cc1cc(C)cc(-c2n(C)c(-c3c(C)ccc4c3oc3ccccc34)c[n+]2-c2c(C)cccc2C)c1.Cc1cccc(C)c1-n1nc[n+](C)c1-c1c(C)ccc2c1oc1ccccc12.Cc1ccccc1-c1n(-c2c(C(C)C)cccc2C(C)C)nc[n+]1C.Cc1ccccc1-c1n(-c2c(C)cccc2C)nc[n+]1C. The molecule has 8 heterocycles. The number of para-hydroxylation sites is 8. The Bertz CT molecular complexity index is 8920. The third-order valence-corrected chi connectivity index (χ3v) is 29.3. The van der Waals surface area contributed by atoms with E-state index >= 15 is 0 Å². The molecule has 23 aromatic rings. The summed E-state index contributed by atoms with van der Waals surface area (Å²) in [5, 5.41) is 21.0. The normalized spacial score (nSPS) is 11.5. The van der Waals surface area contributed by atoms with Gasteiger partial charge in [-0.2, -0.15) is 9.13 Å². The van der Waals surface area contributed by atoms with Gasteiger partial charge >= 0.3 is 0 Å². The minimum atomic E-state index is 0.397. The van der Waals surface area contributed by atoms with Gasteiger partial charge in [0.1, 0.15) is 74.3 Å². The average molecular weight is 1950 g/mol. The van der Waals surface area contributed by atoms with E-state index in [0.29, 0.717) is 17.8 Å². The van der Waals surface area contributed by atoms with Crippen LogP contribution in [-0.4, -0.2) is 38.5 Å². The Morgan fingerprint density at radius 1 is 0.250 bits per heavy atom. The van der Waals surface area contributed by atoms with E-state index < -0.39 is 0 Å². The van der Waals surface area contributed by atoms with Crippen LogP contribution in [0.25, 0.3) is 174 Å². The molecule has 0 spiro atoms. The third kappa shape index (κ3) is 18.7. The highest BCUT2D eigenvalue weighted by atomic mass is 16.3. The van der Waals surface area contributed by atoms with E-state index in [0.717, 1.165) is 140 Å². The van der Waals surface area contributed by atoms with Gasteiger partial charge in [0, 0.05) is 53.2 Å². The smallest absolute Gasteiger partial charge is 0.294 e. The minimum absolute atomic E-state index is 0.397. The van der Waals surface area contributed by atoms with Crippen molar-refractivity contribution in [1.29, 1.82) is 0 Å². The molecule has 0 amide bonds. The highest BCUT2D eigenvalue weighted by Crippen LogP contribution is 2.45. The third-order valence-electron chi connectivity index (χ3n) is 29.3. The summed E-state index contributed by atoms with van der Waals surface area (Å²) in [6, 6.07) is 101. The van der Waals surface area contributed by atoms with Crippen LogP contribution in [0.2, 0.25) is 0 Å². The van der Waals surface area contributed by atoms with Crippen LogP contribution < -0.4 is 22.8 Å². The van der Waals surface area contributed by atoms with Crippen molar-refractivity contribution in [3.05, 3.63) is 422 Å². The first-order chi connectivity index (χ1) is 71.1. The lowest BCUT2D eigenvalue weighted by Gasteiger charge is -2.17. The number of hydrogen-bond acceptors (Lipinski definition) is 6. The van der Waals surface area contributed by atoms with Crippen molar-refractivity contribution in [1.82, 2.24) is 38.5 Å². The highest BCUT2D eigenvalue weighted by Gasteiger charge is 2.37. The quantitative estimate of drug-likeness (QED) is 0.0942. The monoisotopic (exact) mass is 1950 g/mol. The second kappa shape index (κ2) is 41.2. The predicted octanol–water partition coefficient (Wildman–Crippen LogP) is 30.4. The number of nitrogens with zero attached hydrogens (tertiary/aromatic N) is 13. The summed E-state index contributed by atoms with van der Waals surface area (Å²) >= 11 is 0. The van der Waals surface area contributed by atoms with Crippen molar-refractivity contribution in [3.63, 3.8) is 0 Å². The molecule has 0 bridgehead atoms. The van der Waals surface area contributed by atoms with E-state index in [1.807, 2.05) is 66.7 Å². The van der Waals surface area contributed by atoms with Crippen LogP contribution in [0.1, 0.15) is 165 Å². The van der Waals surface area contributed by atoms with E-state index in [2.05, 4.69) is 488 Å². The van der Waals surface area contributed by atoms with Crippen molar-refractivity contribution < 1.29 is 36.1 Å². The zero-order chi connectivity index (χ0) is 104. The molecular formula is C132H136N13O3+5. The van der Waals surface area contributed by atoms with Crippen molar-refractivity contribution >= 4 is 65.8 Å². The Hall–Kier alpha value is -16.5. The number of fused-ring (bicyclic) bond motifs is 9. The van der Waals surface area contributed by atoms with Gasteiger partial charge in [0.25, 0.3) is 48.1 Å². The number of hydrogen-bond donors (Lipinski definition) is 0. The molecule has 148 heavy (non-hydrogen) atoms. The number of furan rings is 3. The van der Waals surface area contributed by atoms with E-state index in [4.69, 9.17) is 23.4 Å². The van der Waals surface area contributed by atoms with Gasteiger partial charge in [-0.15, -0.1) is 0 Å². The molecule has 8 aromatic heterocycles. The van der Waals surface area contributed by atoms with E-state index in [1.165, 1.54) is 139 Å². The van der Waals surface area contributed by atoms with Crippen molar-refractivity contribution in [3.8, 4) is 108 Å². The summed E-state index contributed by atoms with van der Waals surface area (Å²) in [5.74, 6) is 6.82. The molecule has 0 radical (unpaired) electrons. The number of aryl methyl sites for hydroxylation is 19.